The van der Waals surface area contributed by atoms with Crippen molar-refractivity contribution in [2.24, 2.45) is 5.10 Å². The number of nitrogens with zero attached hydrogens (tertiary/aromatic N) is 1. The molecule has 82 valence electrons. The highest BCUT2D eigenvalue weighted by Gasteiger charge is 2.01. The molecule has 0 fully saturated rings. The summed E-state index contributed by atoms with van der Waals surface area (Å²) >= 11 is 0. The fourth-order valence-corrected chi connectivity index (χ4v) is 1.33. The van der Waals surface area contributed by atoms with Crippen molar-refractivity contribution in [2.75, 3.05) is 5.43 Å². The lowest BCUT2D eigenvalue weighted by Crippen LogP contribution is -2.01. The zero-order chi connectivity index (χ0) is 11.5. The number of benzene rings is 1. The second kappa shape index (κ2) is 4.41. The van der Waals surface area contributed by atoms with Gasteiger partial charge in [-0.05, 0) is 25.0 Å². The Labute approximate surface area is 88.6 Å². The number of anilines is 1. The Balaban J connectivity index is 2.87. The minimum Gasteiger partial charge on any atom is -0.281 e. The van der Waals surface area contributed by atoms with Gasteiger partial charge in [0, 0.05) is 0 Å². The highest BCUT2D eigenvalue weighted by Crippen LogP contribution is 2.18. The third-order valence-electron chi connectivity index (χ3n) is 1.84. The predicted octanol–water partition coefficient (Wildman–Crippen LogP) is 1.55. The monoisotopic (exact) mass is 228 g/mol. The summed E-state index contributed by atoms with van der Waals surface area (Å²) in [6, 6.07) is 5.64. The summed E-state index contributed by atoms with van der Waals surface area (Å²) in [6.45, 7) is 3.75. The molecule has 1 aromatic rings. The van der Waals surface area contributed by atoms with Gasteiger partial charge in [0.05, 0.1) is 5.69 Å². The van der Waals surface area contributed by atoms with Crippen LogP contribution in [0.5, 0.6) is 0 Å². The van der Waals surface area contributed by atoms with Gasteiger partial charge in [0.1, 0.15) is 0 Å². The molecule has 0 heterocycles. The van der Waals surface area contributed by atoms with Crippen LogP contribution in [0.25, 0.3) is 0 Å². The van der Waals surface area contributed by atoms with Gasteiger partial charge < -0.3 is 0 Å². The lowest BCUT2D eigenvalue weighted by molar-refractivity contribution is 0.499. The number of para-hydroxylation sites is 1. The standard InChI is InChI=1S/C9H12N2O3S/c1-7-4-3-5-8(2)9(7)11-10-6-15(12,13)14/h3-6,11H,1-2H3,(H,12,13,14)/b10-6+. The molecule has 2 N–H and O–H groups in total. The molecule has 0 unspecified atom stereocenters. The number of nitrogens with one attached hydrogen (secondary N) is 1. The summed E-state index contributed by atoms with van der Waals surface area (Å²) in [5.41, 5.74) is 5.65. The van der Waals surface area contributed by atoms with Crippen molar-refractivity contribution >= 4 is 21.4 Å². The quantitative estimate of drug-likeness (QED) is 0.356. The topological polar surface area (TPSA) is 78.8 Å². The molecule has 6 heteroatoms. The van der Waals surface area contributed by atoms with Gasteiger partial charge >= 0.3 is 10.1 Å². The molecule has 0 aliphatic rings. The maximum Gasteiger partial charge on any atom is 0.306 e. The molecule has 5 nitrogen and oxygen atoms in total. The van der Waals surface area contributed by atoms with Crippen LogP contribution in [0.4, 0.5) is 5.69 Å². The van der Waals surface area contributed by atoms with Crippen molar-refractivity contribution in [2.45, 2.75) is 13.8 Å². The van der Waals surface area contributed by atoms with Gasteiger partial charge in [-0.2, -0.15) is 13.5 Å². The molecule has 0 atom stereocenters. The molecule has 0 saturated carbocycles. The lowest BCUT2D eigenvalue weighted by atomic mass is 10.1. The summed E-state index contributed by atoms with van der Waals surface area (Å²) < 4.78 is 29.1. The molecule has 0 bridgehead atoms. The van der Waals surface area contributed by atoms with Crippen molar-refractivity contribution in [3.8, 4) is 0 Å². The van der Waals surface area contributed by atoms with Gasteiger partial charge in [-0.25, -0.2) is 0 Å². The Morgan fingerprint density at radius 3 is 2.33 bits per heavy atom. The third-order valence-corrected chi connectivity index (χ3v) is 2.22. The van der Waals surface area contributed by atoms with Gasteiger partial charge in [0.15, 0.2) is 5.55 Å². The molecule has 0 aliphatic heterocycles. The highest BCUT2D eigenvalue weighted by molar-refractivity contribution is 7.99. The Hall–Kier alpha value is -1.40. The third kappa shape index (κ3) is 3.69. The van der Waals surface area contributed by atoms with Crippen LogP contribution >= 0.6 is 0 Å². The maximum atomic E-state index is 10.4. The van der Waals surface area contributed by atoms with E-state index < -0.39 is 10.1 Å². The van der Waals surface area contributed by atoms with Crippen LogP contribution in [0.2, 0.25) is 0 Å². The average molecular weight is 228 g/mol. The molecular formula is C9H12N2O3S. The van der Waals surface area contributed by atoms with E-state index in [2.05, 4.69) is 10.5 Å². The molecule has 1 aromatic carbocycles. The van der Waals surface area contributed by atoms with Crippen LogP contribution < -0.4 is 5.43 Å². The van der Waals surface area contributed by atoms with E-state index in [1.807, 2.05) is 32.0 Å². The van der Waals surface area contributed by atoms with E-state index >= 15 is 0 Å². The number of rotatable bonds is 3. The van der Waals surface area contributed by atoms with Crippen LogP contribution in [0.1, 0.15) is 11.1 Å². The van der Waals surface area contributed by atoms with Gasteiger partial charge in [0.2, 0.25) is 0 Å². The van der Waals surface area contributed by atoms with Crippen molar-refractivity contribution in [3.63, 3.8) is 0 Å². The van der Waals surface area contributed by atoms with Crippen LogP contribution in [0, 0.1) is 13.8 Å². The lowest BCUT2D eigenvalue weighted by Gasteiger charge is -2.07. The van der Waals surface area contributed by atoms with Crippen LogP contribution in [0.15, 0.2) is 23.3 Å². The SMILES string of the molecule is Cc1cccc(C)c1N/N=C/S(=O)(=O)O. The minimum atomic E-state index is -4.17. The number of hydrogen-bond acceptors (Lipinski definition) is 4. The normalized spacial score (nSPS) is 11.9. The molecule has 0 saturated heterocycles. The molecule has 0 spiro atoms. The predicted molar refractivity (Wildman–Crippen MR) is 59.6 cm³/mol. The maximum absolute atomic E-state index is 10.4. The van der Waals surface area contributed by atoms with E-state index in [1.54, 1.807) is 0 Å². The van der Waals surface area contributed by atoms with E-state index in [4.69, 9.17) is 4.55 Å². The van der Waals surface area contributed by atoms with Gasteiger partial charge in [-0.15, -0.1) is 0 Å². The van der Waals surface area contributed by atoms with Gasteiger partial charge in [-0.3, -0.25) is 9.98 Å². The summed E-state index contributed by atoms with van der Waals surface area (Å²) in [5.74, 6) is 0. The molecule has 0 amide bonds. The van der Waals surface area contributed by atoms with Gasteiger partial charge in [0.25, 0.3) is 0 Å². The number of hydrazone groups is 1. The summed E-state index contributed by atoms with van der Waals surface area (Å²) in [7, 11) is -4.17. The van der Waals surface area contributed by atoms with Crippen molar-refractivity contribution in [3.05, 3.63) is 29.3 Å². The zero-order valence-electron chi connectivity index (χ0n) is 8.43. The average Bonchev–Trinajstić information content (AvgIpc) is 2.08. The van der Waals surface area contributed by atoms with Crippen molar-refractivity contribution < 1.29 is 13.0 Å². The van der Waals surface area contributed by atoms with E-state index in [1.165, 1.54) is 0 Å². The molecule has 0 aromatic heterocycles. The Morgan fingerprint density at radius 2 is 1.87 bits per heavy atom. The Bertz CT molecular complexity index is 460. The van der Waals surface area contributed by atoms with Crippen LogP contribution in [0.3, 0.4) is 0 Å². The second-order valence-electron chi connectivity index (χ2n) is 3.13. The second-order valence-corrected chi connectivity index (χ2v) is 4.37. The van der Waals surface area contributed by atoms with E-state index in [9.17, 15) is 8.42 Å². The highest BCUT2D eigenvalue weighted by atomic mass is 32.2. The molecular weight excluding hydrogens is 216 g/mol. The first kappa shape index (κ1) is 11.7. The molecule has 15 heavy (non-hydrogen) atoms. The smallest absolute Gasteiger partial charge is 0.281 e. The largest absolute Gasteiger partial charge is 0.306 e. The van der Waals surface area contributed by atoms with E-state index in [-0.39, 0.29) is 0 Å². The van der Waals surface area contributed by atoms with Crippen molar-refractivity contribution in [1.29, 1.82) is 0 Å². The van der Waals surface area contributed by atoms with Crippen LogP contribution in [-0.2, 0) is 10.1 Å². The number of aryl methyl sites for hydroxylation is 2. The zero-order valence-corrected chi connectivity index (χ0v) is 9.25. The van der Waals surface area contributed by atoms with Gasteiger partial charge in [-0.1, -0.05) is 18.2 Å². The summed E-state index contributed by atoms with van der Waals surface area (Å²) in [6.07, 6.45) is 0. The first-order valence-corrected chi connectivity index (χ1v) is 5.73. The molecule has 0 radical (unpaired) electrons. The minimum absolute atomic E-state index is 0.457. The first-order valence-electron chi connectivity index (χ1n) is 4.23. The number of hydrogen-bond donors (Lipinski definition) is 2. The Kier molecular flexibility index (Phi) is 3.43. The van der Waals surface area contributed by atoms with E-state index in [0.717, 1.165) is 16.8 Å². The first-order chi connectivity index (χ1) is 6.90. The van der Waals surface area contributed by atoms with E-state index in [0.29, 0.717) is 5.55 Å². The molecule has 1 rings (SSSR count). The summed E-state index contributed by atoms with van der Waals surface area (Å²) in [4.78, 5) is 0. The molecule has 0 aliphatic carbocycles. The Morgan fingerprint density at radius 1 is 1.33 bits per heavy atom. The summed E-state index contributed by atoms with van der Waals surface area (Å²) in [5, 5.41) is 3.42. The fraction of sp³-hybridized carbons (Fsp3) is 0.222. The van der Waals surface area contributed by atoms with Crippen molar-refractivity contribution in [1.82, 2.24) is 0 Å². The van der Waals surface area contributed by atoms with Crippen LogP contribution in [-0.4, -0.2) is 18.5 Å². The fourth-order valence-electron chi connectivity index (χ4n) is 1.15.